The number of benzene rings is 1. The van der Waals surface area contributed by atoms with Gasteiger partial charge in [0.25, 0.3) is 0 Å². The number of aliphatic hydroxyl groups is 1. The summed E-state index contributed by atoms with van der Waals surface area (Å²) in [6, 6.07) is 8.44. The molecule has 0 saturated carbocycles. The first-order chi connectivity index (χ1) is 6.68. The highest BCUT2D eigenvalue weighted by atomic mass is 16.3. The third kappa shape index (κ3) is 1.69. The molecule has 0 heterocycles. The van der Waals surface area contributed by atoms with Crippen LogP contribution in [0.5, 0.6) is 0 Å². The van der Waals surface area contributed by atoms with Crippen molar-refractivity contribution in [2.24, 2.45) is 5.92 Å². The fourth-order valence-electron chi connectivity index (χ4n) is 2.45. The number of rotatable bonds is 2. The van der Waals surface area contributed by atoms with Crippen LogP contribution in [0.1, 0.15) is 37.3 Å². The van der Waals surface area contributed by atoms with E-state index in [0.717, 1.165) is 12.8 Å². The van der Waals surface area contributed by atoms with Crippen LogP contribution >= 0.6 is 0 Å². The molecule has 0 aliphatic heterocycles. The van der Waals surface area contributed by atoms with Crippen LogP contribution in [0.15, 0.2) is 24.3 Å². The number of fused-ring (bicyclic) bond motifs is 1. The fourth-order valence-corrected chi connectivity index (χ4v) is 2.45. The third-order valence-electron chi connectivity index (χ3n) is 3.07. The van der Waals surface area contributed by atoms with E-state index >= 15 is 0 Å². The molecule has 0 aromatic heterocycles. The maximum atomic E-state index is 9.96. The van der Waals surface area contributed by atoms with Crippen LogP contribution in [0, 0.1) is 5.92 Å². The van der Waals surface area contributed by atoms with E-state index in [2.05, 4.69) is 38.1 Å². The van der Waals surface area contributed by atoms with Gasteiger partial charge in [0.2, 0.25) is 0 Å². The van der Waals surface area contributed by atoms with Gasteiger partial charge in [-0.05, 0) is 29.9 Å². The predicted octanol–water partition coefficient (Wildman–Crippen LogP) is 2.73. The van der Waals surface area contributed by atoms with Gasteiger partial charge in [-0.2, -0.15) is 0 Å². The Morgan fingerprint density at radius 1 is 1.36 bits per heavy atom. The van der Waals surface area contributed by atoms with Crippen molar-refractivity contribution in [3.8, 4) is 0 Å². The van der Waals surface area contributed by atoms with Crippen LogP contribution in [0.3, 0.4) is 0 Å². The van der Waals surface area contributed by atoms with Gasteiger partial charge in [-0.25, -0.2) is 0 Å². The summed E-state index contributed by atoms with van der Waals surface area (Å²) < 4.78 is 0. The lowest BCUT2D eigenvalue weighted by atomic mass is 9.90. The van der Waals surface area contributed by atoms with Crippen LogP contribution < -0.4 is 0 Å². The molecule has 1 aliphatic rings. The van der Waals surface area contributed by atoms with Crippen molar-refractivity contribution in [1.82, 2.24) is 0 Å². The Labute approximate surface area is 85.8 Å². The molecule has 0 spiro atoms. The highest BCUT2D eigenvalue weighted by Gasteiger charge is 2.30. The Kier molecular flexibility index (Phi) is 2.60. The maximum Gasteiger partial charge on any atom is 0.0649 e. The van der Waals surface area contributed by atoms with Crippen LogP contribution in [-0.4, -0.2) is 11.2 Å². The molecule has 1 aromatic rings. The highest BCUT2D eigenvalue weighted by molar-refractivity contribution is 5.36. The van der Waals surface area contributed by atoms with Crippen molar-refractivity contribution in [3.63, 3.8) is 0 Å². The van der Waals surface area contributed by atoms with E-state index in [0.29, 0.717) is 11.8 Å². The molecular weight excluding hydrogens is 172 g/mol. The van der Waals surface area contributed by atoms with Gasteiger partial charge in [0.15, 0.2) is 0 Å². The molecule has 0 bridgehead atoms. The van der Waals surface area contributed by atoms with Gasteiger partial charge in [0.1, 0.15) is 0 Å². The van der Waals surface area contributed by atoms with Gasteiger partial charge < -0.3 is 5.11 Å². The lowest BCUT2D eigenvalue weighted by Gasteiger charge is -2.17. The molecule has 76 valence electrons. The second-order valence-electron chi connectivity index (χ2n) is 4.71. The van der Waals surface area contributed by atoms with Crippen molar-refractivity contribution in [3.05, 3.63) is 35.4 Å². The largest absolute Gasteiger partial charge is 0.392 e. The fraction of sp³-hybridized carbons (Fsp3) is 0.538. The maximum absolute atomic E-state index is 9.96. The molecule has 0 saturated heterocycles. The first-order valence-corrected chi connectivity index (χ1v) is 5.44. The predicted molar refractivity (Wildman–Crippen MR) is 58.3 cm³/mol. The minimum Gasteiger partial charge on any atom is -0.392 e. The Balaban J connectivity index is 2.25. The second kappa shape index (κ2) is 3.74. The third-order valence-corrected chi connectivity index (χ3v) is 3.07. The van der Waals surface area contributed by atoms with E-state index in [-0.39, 0.29) is 6.10 Å². The van der Waals surface area contributed by atoms with Crippen LogP contribution in [-0.2, 0) is 6.42 Å². The molecule has 0 radical (unpaired) electrons. The SMILES string of the molecule is CC(C)CC1c2ccccc2CC1O. The molecule has 1 aliphatic carbocycles. The van der Waals surface area contributed by atoms with Gasteiger partial charge in [0, 0.05) is 5.92 Å². The Morgan fingerprint density at radius 3 is 2.79 bits per heavy atom. The smallest absolute Gasteiger partial charge is 0.0649 e. The van der Waals surface area contributed by atoms with Gasteiger partial charge in [-0.1, -0.05) is 38.1 Å². The monoisotopic (exact) mass is 190 g/mol. The van der Waals surface area contributed by atoms with Crippen molar-refractivity contribution < 1.29 is 5.11 Å². The quantitative estimate of drug-likeness (QED) is 0.760. The lowest BCUT2D eigenvalue weighted by molar-refractivity contribution is 0.146. The summed E-state index contributed by atoms with van der Waals surface area (Å²) in [4.78, 5) is 0. The van der Waals surface area contributed by atoms with Gasteiger partial charge in [0.05, 0.1) is 6.10 Å². The molecule has 1 aromatic carbocycles. The molecule has 14 heavy (non-hydrogen) atoms. The van der Waals surface area contributed by atoms with E-state index in [1.54, 1.807) is 0 Å². The Hall–Kier alpha value is -0.820. The second-order valence-corrected chi connectivity index (χ2v) is 4.71. The zero-order chi connectivity index (χ0) is 10.1. The molecule has 0 amide bonds. The van der Waals surface area contributed by atoms with Crippen molar-refractivity contribution >= 4 is 0 Å². The molecule has 2 unspecified atom stereocenters. The molecule has 1 N–H and O–H groups in total. The van der Waals surface area contributed by atoms with E-state index in [1.165, 1.54) is 11.1 Å². The molecule has 2 rings (SSSR count). The minimum atomic E-state index is -0.158. The van der Waals surface area contributed by atoms with E-state index in [4.69, 9.17) is 0 Å². The summed E-state index contributed by atoms with van der Waals surface area (Å²) in [7, 11) is 0. The minimum absolute atomic E-state index is 0.158. The topological polar surface area (TPSA) is 20.2 Å². The summed E-state index contributed by atoms with van der Waals surface area (Å²) in [5, 5.41) is 9.96. The number of hydrogen-bond acceptors (Lipinski definition) is 1. The standard InChI is InChI=1S/C13H18O/c1-9(2)7-12-11-6-4-3-5-10(11)8-13(12)14/h3-6,9,12-14H,7-8H2,1-2H3. The van der Waals surface area contributed by atoms with Crippen molar-refractivity contribution in [1.29, 1.82) is 0 Å². The van der Waals surface area contributed by atoms with E-state index in [9.17, 15) is 5.11 Å². The van der Waals surface area contributed by atoms with Crippen molar-refractivity contribution in [2.75, 3.05) is 0 Å². The van der Waals surface area contributed by atoms with E-state index < -0.39 is 0 Å². The molecule has 2 atom stereocenters. The average Bonchev–Trinajstić information content (AvgIpc) is 2.43. The Bertz CT molecular complexity index is 317. The Morgan fingerprint density at radius 2 is 2.07 bits per heavy atom. The first kappa shape index (κ1) is 9.72. The summed E-state index contributed by atoms with van der Waals surface area (Å²) >= 11 is 0. The van der Waals surface area contributed by atoms with E-state index in [1.807, 2.05) is 0 Å². The molecule has 1 heteroatoms. The summed E-state index contributed by atoms with van der Waals surface area (Å²) in [6.45, 7) is 4.43. The molecule has 0 fully saturated rings. The summed E-state index contributed by atoms with van der Waals surface area (Å²) in [6.07, 6.45) is 1.78. The summed E-state index contributed by atoms with van der Waals surface area (Å²) in [5.41, 5.74) is 2.71. The van der Waals surface area contributed by atoms with Crippen LogP contribution in [0.2, 0.25) is 0 Å². The normalized spacial score (nSPS) is 25.4. The van der Waals surface area contributed by atoms with Crippen LogP contribution in [0.4, 0.5) is 0 Å². The molecular formula is C13H18O. The molecule has 1 nitrogen and oxygen atoms in total. The average molecular weight is 190 g/mol. The first-order valence-electron chi connectivity index (χ1n) is 5.44. The highest BCUT2D eigenvalue weighted by Crippen LogP contribution is 2.37. The zero-order valence-electron chi connectivity index (χ0n) is 8.90. The van der Waals surface area contributed by atoms with Gasteiger partial charge >= 0.3 is 0 Å². The van der Waals surface area contributed by atoms with Gasteiger partial charge in [-0.3, -0.25) is 0 Å². The zero-order valence-corrected chi connectivity index (χ0v) is 8.90. The number of aliphatic hydroxyl groups excluding tert-OH is 1. The number of hydrogen-bond donors (Lipinski definition) is 1. The van der Waals surface area contributed by atoms with Crippen LogP contribution in [0.25, 0.3) is 0 Å². The van der Waals surface area contributed by atoms with Gasteiger partial charge in [-0.15, -0.1) is 0 Å². The van der Waals surface area contributed by atoms with Crippen molar-refractivity contribution in [2.45, 2.75) is 38.7 Å². The lowest BCUT2D eigenvalue weighted by Crippen LogP contribution is -2.15. The summed E-state index contributed by atoms with van der Waals surface area (Å²) in [5.74, 6) is 1.02.